The number of halogens is 1. The van der Waals surface area contributed by atoms with Gasteiger partial charge >= 0.3 is 5.97 Å². The highest BCUT2D eigenvalue weighted by atomic mass is 35.5. The molecule has 1 aliphatic heterocycles. The lowest BCUT2D eigenvalue weighted by molar-refractivity contribution is -0.137. The lowest BCUT2D eigenvalue weighted by atomic mass is 10.1. The number of carbonyl (C=O) groups is 1. The molecule has 0 amide bonds. The molecule has 0 spiro atoms. The first-order chi connectivity index (χ1) is 13.5. The van der Waals surface area contributed by atoms with Crippen molar-refractivity contribution in [1.82, 2.24) is 9.55 Å². The molecule has 0 aliphatic carbocycles. The number of nitrogens with zero attached hydrogens (tertiary/aromatic N) is 2. The predicted octanol–water partition coefficient (Wildman–Crippen LogP) is 3.07. The Hall–Kier alpha value is -2.29. The van der Waals surface area contributed by atoms with Gasteiger partial charge in [0.05, 0.1) is 34.0 Å². The van der Waals surface area contributed by atoms with Crippen LogP contribution in [0.15, 0.2) is 34.0 Å². The van der Waals surface area contributed by atoms with Crippen LogP contribution in [0.5, 0.6) is 0 Å². The van der Waals surface area contributed by atoms with Gasteiger partial charge in [-0.3, -0.25) is 9.59 Å². The maximum Gasteiger partial charge on any atom is 0.323 e. The first-order valence-electron chi connectivity index (χ1n) is 8.72. The summed E-state index contributed by atoms with van der Waals surface area (Å²) in [5.41, 5.74) is 0.634. The molecule has 3 heterocycles. The number of anilines is 1. The van der Waals surface area contributed by atoms with E-state index in [0.29, 0.717) is 63.3 Å². The van der Waals surface area contributed by atoms with E-state index in [4.69, 9.17) is 16.3 Å². The molecule has 2 aromatic heterocycles. The number of aromatic nitrogens is 2. The lowest BCUT2D eigenvalue weighted by Gasteiger charge is -2.26. The van der Waals surface area contributed by atoms with Crippen LogP contribution in [0.1, 0.15) is 0 Å². The molecule has 0 unspecified atom stereocenters. The maximum absolute atomic E-state index is 13.0. The van der Waals surface area contributed by atoms with Gasteiger partial charge in [-0.25, -0.2) is 4.98 Å². The molecule has 0 atom stereocenters. The second-order valence-electron chi connectivity index (χ2n) is 6.64. The van der Waals surface area contributed by atoms with Gasteiger partial charge in [0.15, 0.2) is 5.43 Å². The minimum absolute atomic E-state index is 0.190. The molecule has 146 valence electrons. The van der Waals surface area contributed by atoms with E-state index in [1.807, 2.05) is 6.26 Å². The van der Waals surface area contributed by atoms with Crippen LogP contribution in [-0.2, 0) is 16.1 Å². The molecule has 28 heavy (non-hydrogen) atoms. The molecule has 1 fully saturated rings. The summed E-state index contributed by atoms with van der Waals surface area (Å²) in [7, 11) is 0. The molecule has 0 bridgehead atoms. The molecular weight excluding hydrogens is 402 g/mol. The topological polar surface area (TPSA) is 93.5 Å². The Labute approximate surface area is 169 Å². The quantitative estimate of drug-likeness (QED) is 0.468. The van der Waals surface area contributed by atoms with Crippen molar-refractivity contribution in [1.29, 1.82) is 0 Å². The van der Waals surface area contributed by atoms with Crippen molar-refractivity contribution in [3.05, 3.63) is 39.5 Å². The van der Waals surface area contributed by atoms with E-state index in [-0.39, 0.29) is 12.0 Å². The van der Waals surface area contributed by atoms with Crippen molar-refractivity contribution in [2.75, 3.05) is 31.3 Å². The number of carboxylic acid groups (broad SMARTS) is 1. The fourth-order valence-corrected chi connectivity index (χ4v) is 4.37. The number of fused-ring (bicyclic) bond motifs is 2. The Morgan fingerprint density at radius 1 is 1.36 bits per heavy atom. The summed E-state index contributed by atoms with van der Waals surface area (Å²) in [5, 5.41) is 14.0. The smallest absolute Gasteiger partial charge is 0.323 e. The van der Waals surface area contributed by atoms with Crippen LogP contribution < -0.4 is 10.7 Å². The third-order valence-corrected chi connectivity index (χ3v) is 6.00. The zero-order chi connectivity index (χ0) is 19.8. The third kappa shape index (κ3) is 3.32. The number of nitrogens with one attached hydrogen (secondary N) is 1. The summed E-state index contributed by atoms with van der Waals surface area (Å²) < 4.78 is 6.73. The van der Waals surface area contributed by atoms with Crippen molar-refractivity contribution < 1.29 is 14.6 Å². The molecule has 0 saturated carbocycles. The molecule has 1 aromatic carbocycles. The zero-order valence-corrected chi connectivity index (χ0v) is 16.6. The van der Waals surface area contributed by atoms with Crippen LogP contribution in [0.3, 0.4) is 0 Å². The Kier molecular flexibility index (Phi) is 5.18. The molecule has 1 aliphatic rings. The first kappa shape index (κ1) is 19.0. The second kappa shape index (κ2) is 7.62. The Bertz CT molecular complexity index is 1140. The number of benzene rings is 1. The van der Waals surface area contributed by atoms with Crippen LogP contribution in [0.25, 0.3) is 21.9 Å². The molecule has 0 radical (unpaired) electrons. The second-order valence-corrected chi connectivity index (χ2v) is 7.86. The monoisotopic (exact) mass is 419 g/mol. The fourth-order valence-electron chi connectivity index (χ4n) is 3.31. The molecule has 7 nitrogen and oxygen atoms in total. The van der Waals surface area contributed by atoms with Crippen molar-refractivity contribution in [2.24, 2.45) is 5.92 Å². The molecule has 3 aromatic rings. The number of carboxylic acids is 1. The number of aliphatic carboxylic acids is 1. The Morgan fingerprint density at radius 2 is 2.11 bits per heavy atom. The molecule has 9 heteroatoms. The molecule has 1 saturated heterocycles. The average Bonchev–Trinajstić information content (AvgIpc) is 2.63. The van der Waals surface area contributed by atoms with E-state index >= 15 is 0 Å². The summed E-state index contributed by atoms with van der Waals surface area (Å²) in [4.78, 5) is 29.9. The highest BCUT2D eigenvalue weighted by Gasteiger charge is 2.20. The van der Waals surface area contributed by atoms with E-state index < -0.39 is 5.97 Å². The van der Waals surface area contributed by atoms with Gasteiger partial charge in [-0.2, -0.15) is 0 Å². The largest absolute Gasteiger partial charge is 0.480 e. The third-order valence-electron chi connectivity index (χ3n) is 4.75. The van der Waals surface area contributed by atoms with Crippen molar-refractivity contribution in [3.63, 3.8) is 0 Å². The van der Waals surface area contributed by atoms with Gasteiger partial charge in [0.2, 0.25) is 0 Å². The van der Waals surface area contributed by atoms with Gasteiger partial charge in [-0.15, -0.1) is 11.8 Å². The van der Waals surface area contributed by atoms with Crippen molar-refractivity contribution in [3.8, 4) is 0 Å². The summed E-state index contributed by atoms with van der Waals surface area (Å²) in [6, 6.07) is 6.74. The predicted molar refractivity (Wildman–Crippen MR) is 111 cm³/mol. The van der Waals surface area contributed by atoms with E-state index in [1.54, 1.807) is 28.8 Å². The van der Waals surface area contributed by atoms with Crippen LogP contribution in [0, 0.1) is 5.92 Å². The highest BCUT2D eigenvalue weighted by Crippen LogP contribution is 2.34. The standard InChI is InChI=1S/C19H18ClN3O4S/c1-28-18-13(20)4-2-11-16(18)23(7-15(24)25)19-12(17(11)26)3-5-14(22-19)21-6-10-8-27-9-10/h2-5,10H,6-9H2,1H3,(H,21,22)(H,24,25). The van der Waals surface area contributed by atoms with E-state index in [9.17, 15) is 14.7 Å². The molecule has 2 N–H and O–H groups in total. The van der Waals surface area contributed by atoms with Gasteiger partial charge in [0.1, 0.15) is 18.0 Å². The van der Waals surface area contributed by atoms with Crippen LogP contribution in [-0.4, -0.2) is 46.6 Å². The van der Waals surface area contributed by atoms with Gasteiger partial charge in [0, 0.05) is 17.8 Å². The zero-order valence-electron chi connectivity index (χ0n) is 15.1. The normalized spacial score (nSPS) is 14.4. The summed E-state index contributed by atoms with van der Waals surface area (Å²) in [5.74, 6) is -0.00714. The van der Waals surface area contributed by atoms with E-state index in [2.05, 4.69) is 10.3 Å². The van der Waals surface area contributed by atoms with Crippen molar-refractivity contribution in [2.45, 2.75) is 11.4 Å². The number of rotatable bonds is 6. The fraction of sp³-hybridized carbons (Fsp3) is 0.316. The van der Waals surface area contributed by atoms with Gasteiger partial charge in [-0.1, -0.05) is 11.6 Å². The van der Waals surface area contributed by atoms with Gasteiger partial charge < -0.3 is 19.7 Å². The summed E-state index contributed by atoms with van der Waals surface area (Å²) >= 11 is 7.70. The molecule has 4 rings (SSSR count). The van der Waals surface area contributed by atoms with Crippen LogP contribution >= 0.6 is 23.4 Å². The first-order valence-corrected chi connectivity index (χ1v) is 10.3. The average molecular weight is 420 g/mol. The molecular formula is C19H18ClN3O4S. The van der Waals surface area contributed by atoms with Crippen LogP contribution in [0.2, 0.25) is 5.02 Å². The minimum atomic E-state index is -1.02. The Balaban J connectivity index is 1.97. The maximum atomic E-state index is 13.0. The van der Waals surface area contributed by atoms with E-state index in [0.717, 1.165) is 0 Å². The number of ether oxygens (including phenoxy) is 1. The number of hydrogen-bond donors (Lipinski definition) is 2. The van der Waals surface area contributed by atoms with Crippen LogP contribution in [0.4, 0.5) is 5.82 Å². The van der Waals surface area contributed by atoms with Crippen molar-refractivity contribution >= 4 is 57.1 Å². The summed E-state index contributed by atoms with van der Waals surface area (Å²) in [6.07, 6.45) is 1.84. The number of hydrogen-bond acceptors (Lipinski definition) is 6. The Morgan fingerprint density at radius 3 is 2.75 bits per heavy atom. The number of pyridine rings is 2. The lowest BCUT2D eigenvalue weighted by Crippen LogP contribution is -2.33. The highest BCUT2D eigenvalue weighted by molar-refractivity contribution is 7.99. The summed E-state index contributed by atoms with van der Waals surface area (Å²) in [6.45, 7) is 1.81. The van der Waals surface area contributed by atoms with Gasteiger partial charge in [0.25, 0.3) is 0 Å². The number of thioether (sulfide) groups is 1. The van der Waals surface area contributed by atoms with E-state index in [1.165, 1.54) is 11.8 Å². The SMILES string of the molecule is CSc1c(Cl)ccc2c(=O)c3ccc(NCC4COC4)nc3n(CC(=O)O)c12. The minimum Gasteiger partial charge on any atom is -0.480 e. The van der Waals surface area contributed by atoms with Gasteiger partial charge in [-0.05, 0) is 30.5 Å².